The predicted molar refractivity (Wildman–Crippen MR) is 27.6 cm³/mol. The molecule has 2 atom stereocenters. The minimum Gasteiger partial charge on any atom is -0.380 e. The maximum Gasteiger partial charge on any atom is 0.221 e. The number of hydrogen-bond acceptors (Lipinski definition) is 4. The summed E-state index contributed by atoms with van der Waals surface area (Å²) in [7, 11) is 0. The predicted octanol–water partition coefficient (Wildman–Crippen LogP) is -1.34. The first-order valence-electron chi connectivity index (χ1n) is 2.60. The molecular weight excluding hydrogens is 124 g/mol. The molecule has 1 heterocycles. The molecule has 1 rings (SSSR count). The van der Waals surface area contributed by atoms with Crippen LogP contribution in [0, 0.1) is 0 Å². The summed E-state index contributed by atoms with van der Waals surface area (Å²) in [4.78, 5) is 10.6. The van der Waals surface area contributed by atoms with Crippen molar-refractivity contribution in [3.05, 3.63) is 0 Å². The van der Waals surface area contributed by atoms with E-state index in [9.17, 15) is 4.79 Å². The normalized spacial score (nSPS) is 43.9. The van der Waals surface area contributed by atoms with Gasteiger partial charge in [0.25, 0.3) is 0 Å². The Kier molecular flexibility index (Phi) is 1.31. The molecule has 0 aromatic carbocycles. The number of carbonyl (C=O) groups excluding carboxylic acids is 1. The summed E-state index contributed by atoms with van der Waals surface area (Å²) in [5.41, 5.74) is -1.49. The Hall–Kier alpha value is -0.450. The van der Waals surface area contributed by atoms with E-state index >= 15 is 0 Å². The van der Waals surface area contributed by atoms with Crippen LogP contribution in [0.25, 0.3) is 0 Å². The molecule has 9 heavy (non-hydrogen) atoms. The Morgan fingerprint density at radius 2 is 2.44 bits per heavy atom. The van der Waals surface area contributed by atoms with Crippen LogP contribution < -0.4 is 0 Å². The molecule has 2 unspecified atom stereocenters. The van der Waals surface area contributed by atoms with Crippen molar-refractivity contribution in [2.45, 2.75) is 18.8 Å². The highest BCUT2D eigenvalue weighted by Gasteiger charge is 2.42. The molecule has 0 saturated carbocycles. The van der Waals surface area contributed by atoms with Crippen LogP contribution in [0.1, 0.15) is 6.92 Å². The highest BCUT2D eigenvalue weighted by atomic mass is 16.6. The SMILES string of the molecule is CC1(O)COC(O)C1=O. The van der Waals surface area contributed by atoms with Gasteiger partial charge in [-0.3, -0.25) is 4.79 Å². The molecule has 0 aromatic rings. The Balaban J connectivity index is 2.74. The summed E-state index contributed by atoms with van der Waals surface area (Å²) >= 11 is 0. The Morgan fingerprint density at radius 1 is 1.89 bits per heavy atom. The molecule has 4 heteroatoms. The van der Waals surface area contributed by atoms with Gasteiger partial charge in [-0.15, -0.1) is 0 Å². The summed E-state index contributed by atoms with van der Waals surface area (Å²) in [5, 5.41) is 17.6. The first-order chi connectivity index (χ1) is 4.04. The molecule has 1 saturated heterocycles. The third-order valence-electron chi connectivity index (χ3n) is 1.28. The summed E-state index contributed by atoms with van der Waals surface area (Å²) in [6.45, 7) is 1.19. The summed E-state index contributed by atoms with van der Waals surface area (Å²) < 4.78 is 4.44. The van der Waals surface area contributed by atoms with E-state index in [1.165, 1.54) is 6.92 Å². The molecule has 1 fully saturated rings. The summed E-state index contributed by atoms with van der Waals surface area (Å²) in [6, 6.07) is 0. The lowest BCUT2D eigenvalue weighted by molar-refractivity contribution is -0.144. The summed E-state index contributed by atoms with van der Waals surface area (Å²) in [5.74, 6) is -0.664. The fourth-order valence-electron chi connectivity index (χ4n) is 0.654. The smallest absolute Gasteiger partial charge is 0.221 e. The van der Waals surface area contributed by atoms with Crippen molar-refractivity contribution in [3.8, 4) is 0 Å². The van der Waals surface area contributed by atoms with E-state index in [2.05, 4.69) is 4.74 Å². The zero-order chi connectivity index (χ0) is 7.07. The van der Waals surface area contributed by atoms with Crippen molar-refractivity contribution in [2.24, 2.45) is 0 Å². The molecule has 0 radical (unpaired) electrons. The molecule has 1 aliphatic rings. The Labute approximate surface area is 52.1 Å². The minimum absolute atomic E-state index is 0.118. The molecule has 4 nitrogen and oxygen atoms in total. The average molecular weight is 132 g/mol. The first kappa shape index (κ1) is 6.67. The zero-order valence-electron chi connectivity index (χ0n) is 5.00. The fourth-order valence-corrected chi connectivity index (χ4v) is 0.654. The molecule has 0 aromatic heterocycles. The van der Waals surface area contributed by atoms with Crippen molar-refractivity contribution < 1.29 is 19.7 Å². The van der Waals surface area contributed by atoms with Gasteiger partial charge in [-0.25, -0.2) is 0 Å². The van der Waals surface area contributed by atoms with E-state index in [0.717, 1.165) is 0 Å². The van der Waals surface area contributed by atoms with Crippen LogP contribution in [0.2, 0.25) is 0 Å². The van der Waals surface area contributed by atoms with Crippen LogP contribution in [0.5, 0.6) is 0 Å². The van der Waals surface area contributed by atoms with Crippen molar-refractivity contribution in [2.75, 3.05) is 6.61 Å². The number of aliphatic hydroxyl groups is 2. The maximum atomic E-state index is 10.6. The number of Topliss-reactive ketones (excluding diaryl/α,β-unsaturated/α-hetero) is 1. The van der Waals surface area contributed by atoms with Gasteiger partial charge in [-0.2, -0.15) is 0 Å². The van der Waals surface area contributed by atoms with Gasteiger partial charge < -0.3 is 14.9 Å². The topological polar surface area (TPSA) is 66.8 Å². The first-order valence-corrected chi connectivity index (χ1v) is 2.60. The number of carbonyl (C=O) groups is 1. The highest BCUT2D eigenvalue weighted by Crippen LogP contribution is 2.17. The van der Waals surface area contributed by atoms with Crippen molar-refractivity contribution in [1.82, 2.24) is 0 Å². The molecule has 0 amide bonds. The van der Waals surface area contributed by atoms with Gasteiger partial charge >= 0.3 is 0 Å². The lowest BCUT2D eigenvalue weighted by atomic mass is 10.1. The quantitative estimate of drug-likeness (QED) is 0.428. The van der Waals surface area contributed by atoms with Crippen LogP contribution in [0.4, 0.5) is 0 Å². The Morgan fingerprint density at radius 3 is 2.56 bits per heavy atom. The number of rotatable bonds is 0. The van der Waals surface area contributed by atoms with Gasteiger partial charge in [0.2, 0.25) is 12.1 Å². The standard InChI is InChI=1S/C5H8O4/c1-5(8)2-9-4(7)3(5)6/h4,7-8H,2H2,1H3. The monoisotopic (exact) mass is 132 g/mol. The van der Waals surface area contributed by atoms with Crippen molar-refractivity contribution >= 4 is 5.78 Å². The van der Waals surface area contributed by atoms with Gasteiger partial charge in [0.15, 0.2) is 0 Å². The van der Waals surface area contributed by atoms with E-state index in [1.54, 1.807) is 0 Å². The van der Waals surface area contributed by atoms with E-state index in [-0.39, 0.29) is 6.61 Å². The molecule has 52 valence electrons. The largest absolute Gasteiger partial charge is 0.380 e. The second-order valence-electron chi connectivity index (χ2n) is 2.30. The molecular formula is C5H8O4. The zero-order valence-corrected chi connectivity index (χ0v) is 5.00. The van der Waals surface area contributed by atoms with E-state index in [4.69, 9.17) is 10.2 Å². The van der Waals surface area contributed by atoms with Gasteiger partial charge in [0.1, 0.15) is 5.60 Å². The molecule has 0 spiro atoms. The van der Waals surface area contributed by atoms with Crippen molar-refractivity contribution in [3.63, 3.8) is 0 Å². The number of hydrogen-bond donors (Lipinski definition) is 2. The van der Waals surface area contributed by atoms with Crippen LogP contribution in [0.3, 0.4) is 0 Å². The Bertz CT molecular complexity index is 140. The summed E-state index contributed by atoms with van der Waals surface area (Å²) in [6.07, 6.45) is -1.43. The average Bonchev–Trinajstić information content (AvgIpc) is 1.97. The van der Waals surface area contributed by atoms with Gasteiger partial charge in [0, 0.05) is 0 Å². The minimum atomic E-state index is -1.49. The lowest BCUT2D eigenvalue weighted by Crippen LogP contribution is -2.35. The van der Waals surface area contributed by atoms with Crippen LogP contribution >= 0.6 is 0 Å². The third-order valence-corrected chi connectivity index (χ3v) is 1.28. The number of ketones is 1. The van der Waals surface area contributed by atoms with Gasteiger partial charge in [-0.05, 0) is 6.92 Å². The highest BCUT2D eigenvalue weighted by molar-refractivity contribution is 5.91. The van der Waals surface area contributed by atoms with Crippen LogP contribution in [-0.2, 0) is 9.53 Å². The number of aliphatic hydroxyl groups excluding tert-OH is 1. The molecule has 1 aliphatic heterocycles. The van der Waals surface area contributed by atoms with E-state index < -0.39 is 17.7 Å². The second-order valence-corrected chi connectivity index (χ2v) is 2.30. The van der Waals surface area contributed by atoms with Gasteiger partial charge in [0.05, 0.1) is 6.61 Å². The van der Waals surface area contributed by atoms with Crippen LogP contribution in [-0.4, -0.2) is 34.5 Å². The van der Waals surface area contributed by atoms with E-state index in [1.807, 2.05) is 0 Å². The number of ether oxygens (including phenoxy) is 1. The van der Waals surface area contributed by atoms with Gasteiger partial charge in [-0.1, -0.05) is 0 Å². The molecule has 0 bridgehead atoms. The fraction of sp³-hybridized carbons (Fsp3) is 0.800. The van der Waals surface area contributed by atoms with E-state index in [0.29, 0.717) is 0 Å². The van der Waals surface area contributed by atoms with Crippen LogP contribution in [0.15, 0.2) is 0 Å². The second kappa shape index (κ2) is 1.76. The molecule has 2 N–H and O–H groups in total. The maximum absolute atomic E-state index is 10.6. The van der Waals surface area contributed by atoms with Crippen molar-refractivity contribution in [1.29, 1.82) is 0 Å². The third kappa shape index (κ3) is 0.962. The molecule has 0 aliphatic carbocycles. The lowest BCUT2D eigenvalue weighted by Gasteiger charge is -2.08.